The second kappa shape index (κ2) is 8.26. The van der Waals surface area contributed by atoms with Crippen LogP contribution in [0.3, 0.4) is 0 Å². The smallest absolute Gasteiger partial charge is 0.344 e. The number of H-pyrrole nitrogens is 1. The number of alkyl halides is 6. The Labute approximate surface area is 182 Å². The number of carbonyl (C=O) groups excluding carboxylic acids is 1. The van der Waals surface area contributed by atoms with E-state index < -0.39 is 42.4 Å². The van der Waals surface area contributed by atoms with E-state index in [-0.39, 0.29) is 11.0 Å². The molecule has 0 aliphatic rings. The molecule has 0 aliphatic heterocycles. The number of aromatic amines is 1. The van der Waals surface area contributed by atoms with Crippen molar-refractivity contribution < 1.29 is 31.1 Å². The normalized spacial score (nSPS) is 13.3. The third kappa shape index (κ3) is 4.99. The van der Waals surface area contributed by atoms with Crippen LogP contribution >= 0.6 is 0 Å². The van der Waals surface area contributed by atoms with Gasteiger partial charge in [-0.1, -0.05) is 36.4 Å². The van der Waals surface area contributed by atoms with Gasteiger partial charge in [-0.2, -0.15) is 31.4 Å². The topological polar surface area (TPSA) is 75.6 Å². The van der Waals surface area contributed by atoms with E-state index in [0.29, 0.717) is 11.1 Å². The summed E-state index contributed by atoms with van der Waals surface area (Å²) in [6.45, 7) is -0.482. The summed E-state index contributed by atoms with van der Waals surface area (Å²) in [5.74, 6) is -1.78. The van der Waals surface area contributed by atoms with Crippen LogP contribution in [-0.2, 0) is 23.7 Å². The summed E-state index contributed by atoms with van der Waals surface area (Å²) in [5.41, 5.74) is 0.172. The van der Waals surface area contributed by atoms with Crippen LogP contribution in [0.4, 0.5) is 26.3 Å². The Morgan fingerprint density at radius 1 is 0.970 bits per heavy atom. The molecule has 33 heavy (non-hydrogen) atoms. The number of rotatable bonds is 5. The molecular formula is C21H15F6N5O. The van der Waals surface area contributed by atoms with Crippen LogP contribution in [0.25, 0.3) is 11.0 Å². The predicted octanol–water partition coefficient (Wildman–Crippen LogP) is 4.70. The Balaban J connectivity index is 1.62. The zero-order chi connectivity index (χ0) is 23.8. The summed E-state index contributed by atoms with van der Waals surface area (Å²) in [6, 6.07) is 12.9. The summed E-state index contributed by atoms with van der Waals surface area (Å²) in [5, 5.41) is 6.06. The Hall–Kier alpha value is -3.83. The zero-order valence-corrected chi connectivity index (χ0v) is 16.6. The van der Waals surface area contributed by atoms with Crippen molar-refractivity contribution >= 4 is 16.9 Å². The first-order valence-corrected chi connectivity index (χ1v) is 9.52. The summed E-state index contributed by atoms with van der Waals surface area (Å²) in [4.78, 5) is 18.4. The fourth-order valence-corrected chi connectivity index (χ4v) is 3.30. The lowest BCUT2D eigenvalue weighted by atomic mass is 9.98. The number of amides is 1. The SMILES string of the molecule is O=C(Cn1ccc(C(F)(F)F)n1)N[C@@H](c1ccccc1)c1ccc2nc(C(F)(F)F)[nH]c2c1. The fourth-order valence-electron chi connectivity index (χ4n) is 3.30. The molecule has 0 bridgehead atoms. The van der Waals surface area contributed by atoms with E-state index in [1.165, 1.54) is 18.2 Å². The van der Waals surface area contributed by atoms with Gasteiger partial charge in [-0.3, -0.25) is 9.48 Å². The maximum atomic E-state index is 13.0. The highest BCUT2D eigenvalue weighted by Crippen LogP contribution is 2.31. The Kier molecular flexibility index (Phi) is 5.60. The van der Waals surface area contributed by atoms with Crippen molar-refractivity contribution in [3.8, 4) is 0 Å². The first kappa shape index (κ1) is 22.4. The van der Waals surface area contributed by atoms with Gasteiger partial charge in [0.2, 0.25) is 11.7 Å². The van der Waals surface area contributed by atoms with Gasteiger partial charge in [0, 0.05) is 6.20 Å². The van der Waals surface area contributed by atoms with E-state index in [1.54, 1.807) is 30.3 Å². The van der Waals surface area contributed by atoms with Gasteiger partial charge in [0.1, 0.15) is 6.54 Å². The van der Waals surface area contributed by atoms with Gasteiger partial charge >= 0.3 is 12.4 Å². The van der Waals surface area contributed by atoms with Crippen molar-refractivity contribution in [3.63, 3.8) is 0 Å². The minimum Gasteiger partial charge on any atom is -0.344 e. The molecule has 6 nitrogen and oxygen atoms in total. The van der Waals surface area contributed by atoms with E-state index >= 15 is 0 Å². The summed E-state index contributed by atoms with van der Waals surface area (Å²) in [7, 11) is 0. The monoisotopic (exact) mass is 467 g/mol. The van der Waals surface area contributed by atoms with Gasteiger partial charge in [-0.15, -0.1) is 0 Å². The molecule has 0 spiro atoms. The number of hydrogen-bond donors (Lipinski definition) is 2. The summed E-state index contributed by atoms with van der Waals surface area (Å²) >= 11 is 0. The molecule has 0 aliphatic carbocycles. The van der Waals surface area contributed by atoms with Crippen LogP contribution in [0, 0.1) is 0 Å². The van der Waals surface area contributed by atoms with Gasteiger partial charge in [0.05, 0.1) is 17.1 Å². The second-order valence-electron chi connectivity index (χ2n) is 7.17. The van der Waals surface area contributed by atoms with Crippen molar-refractivity contribution in [1.82, 2.24) is 25.1 Å². The molecule has 0 unspecified atom stereocenters. The maximum Gasteiger partial charge on any atom is 0.449 e. The molecular weight excluding hydrogens is 452 g/mol. The van der Waals surface area contributed by atoms with Crippen molar-refractivity contribution in [3.05, 3.63) is 83.4 Å². The van der Waals surface area contributed by atoms with Crippen LogP contribution in [0.15, 0.2) is 60.8 Å². The molecule has 4 aromatic rings. The molecule has 2 aromatic carbocycles. The van der Waals surface area contributed by atoms with Gasteiger partial charge in [0.15, 0.2) is 5.69 Å². The van der Waals surface area contributed by atoms with E-state index in [9.17, 15) is 31.1 Å². The number of nitrogens with one attached hydrogen (secondary N) is 2. The lowest BCUT2D eigenvalue weighted by Crippen LogP contribution is -2.32. The van der Waals surface area contributed by atoms with Gasteiger partial charge in [-0.05, 0) is 29.3 Å². The quantitative estimate of drug-likeness (QED) is 0.418. The fraction of sp³-hybridized carbons (Fsp3) is 0.190. The maximum absolute atomic E-state index is 13.0. The number of carbonyl (C=O) groups is 1. The van der Waals surface area contributed by atoms with Crippen LogP contribution in [0.1, 0.15) is 28.7 Å². The number of halogens is 6. The molecule has 172 valence electrons. The van der Waals surface area contributed by atoms with Crippen LogP contribution in [-0.4, -0.2) is 25.7 Å². The highest BCUT2D eigenvalue weighted by Gasteiger charge is 2.35. The van der Waals surface area contributed by atoms with Gasteiger partial charge in [0.25, 0.3) is 0 Å². The van der Waals surface area contributed by atoms with Crippen molar-refractivity contribution in [1.29, 1.82) is 0 Å². The summed E-state index contributed by atoms with van der Waals surface area (Å²) < 4.78 is 78.0. The molecule has 2 heterocycles. The van der Waals surface area contributed by atoms with E-state index in [1.807, 2.05) is 0 Å². The number of hydrogen-bond acceptors (Lipinski definition) is 3. The first-order valence-electron chi connectivity index (χ1n) is 9.52. The van der Waals surface area contributed by atoms with Crippen LogP contribution < -0.4 is 5.32 Å². The van der Waals surface area contributed by atoms with Crippen LogP contribution in [0.5, 0.6) is 0 Å². The Morgan fingerprint density at radius 2 is 1.70 bits per heavy atom. The molecule has 2 aromatic heterocycles. The van der Waals surface area contributed by atoms with Crippen molar-refractivity contribution in [2.75, 3.05) is 0 Å². The van der Waals surface area contributed by atoms with Crippen molar-refractivity contribution in [2.45, 2.75) is 24.9 Å². The number of fused-ring (bicyclic) bond motifs is 1. The number of nitrogens with zero attached hydrogens (tertiary/aromatic N) is 3. The second-order valence-corrected chi connectivity index (χ2v) is 7.17. The number of benzene rings is 2. The third-order valence-electron chi connectivity index (χ3n) is 4.78. The van der Waals surface area contributed by atoms with Crippen LogP contribution in [0.2, 0.25) is 0 Å². The molecule has 1 amide bonds. The first-order chi connectivity index (χ1) is 15.5. The minimum absolute atomic E-state index is 0.0976. The molecule has 0 saturated heterocycles. The molecule has 0 fully saturated rings. The standard InChI is InChI=1S/C21H15F6N5O/c22-20(23,24)16-8-9-32(31-16)11-17(33)30-18(12-4-2-1-3-5-12)13-6-7-14-15(10-13)29-19(28-14)21(25,26)27/h1-10,18H,11H2,(H,28,29)(H,30,33)/t18-/m0/s1. The molecule has 1 atom stereocenters. The lowest BCUT2D eigenvalue weighted by molar-refractivity contribution is -0.144. The number of imidazole rings is 1. The van der Waals surface area contributed by atoms with Crippen molar-refractivity contribution in [2.24, 2.45) is 0 Å². The third-order valence-corrected chi connectivity index (χ3v) is 4.78. The lowest BCUT2D eigenvalue weighted by Gasteiger charge is -2.20. The average Bonchev–Trinajstić information content (AvgIpc) is 3.39. The van der Waals surface area contributed by atoms with Gasteiger partial charge < -0.3 is 10.3 Å². The molecule has 0 radical (unpaired) electrons. The number of aromatic nitrogens is 4. The van der Waals surface area contributed by atoms with E-state index in [4.69, 9.17) is 0 Å². The Morgan fingerprint density at radius 3 is 2.33 bits per heavy atom. The largest absolute Gasteiger partial charge is 0.449 e. The predicted molar refractivity (Wildman–Crippen MR) is 105 cm³/mol. The minimum atomic E-state index is -4.65. The zero-order valence-electron chi connectivity index (χ0n) is 16.6. The molecule has 2 N–H and O–H groups in total. The Bertz CT molecular complexity index is 1280. The molecule has 4 rings (SSSR count). The summed E-state index contributed by atoms with van der Waals surface area (Å²) in [6.07, 6.45) is -8.25. The van der Waals surface area contributed by atoms with E-state index in [2.05, 4.69) is 20.4 Å². The molecule has 0 saturated carbocycles. The highest BCUT2D eigenvalue weighted by molar-refractivity contribution is 5.79. The van der Waals surface area contributed by atoms with E-state index in [0.717, 1.165) is 16.9 Å². The van der Waals surface area contributed by atoms with Gasteiger partial charge in [-0.25, -0.2) is 4.98 Å². The highest BCUT2D eigenvalue weighted by atomic mass is 19.4. The average molecular weight is 467 g/mol. The molecule has 12 heteroatoms.